The molecule has 0 radical (unpaired) electrons. The number of ether oxygens (including phenoxy) is 1. The van der Waals surface area contributed by atoms with Crippen molar-refractivity contribution in [2.75, 3.05) is 9.80 Å². The van der Waals surface area contributed by atoms with Crippen LogP contribution in [0, 0.1) is 30.4 Å². The van der Waals surface area contributed by atoms with Gasteiger partial charge in [-0.05, 0) is 117 Å². The van der Waals surface area contributed by atoms with E-state index in [4.69, 9.17) is 9.72 Å². The molecule has 11 rings (SSSR count). The fourth-order valence-corrected chi connectivity index (χ4v) is 10.0. The number of aryl methyl sites for hydroxylation is 1. The van der Waals surface area contributed by atoms with Crippen molar-refractivity contribution in [1.82, 2.24) is 9.55 Å². The van der Waals surface area contributed by atoms with Crippen LogP contribution in [0.3, 0.4) is 0 Å². The summed E-state index contributed by atoms with van der Waals surface area (Å²) in [5, 5.41) is 2.16. The van der Waals surface area contributed by atoms with Gasteiger partial charge in [-0.3, -0.25) is 0 Å². The van der Waals surface area contributed by atoms with E-state index in [9.17, 15) is 0 Å². The molecule has 0 saturated carbocycles. The molecule has 0 atom stereocenters. The van der Waals surface area contributed by atoms with E-state index in [1.165, 1.54) is 23.8 Å². The fourth-order valence-electron chi connectivity index (χ4n) is 10.0. The molecule has 8 heteroatoms. The maximum atomic E-state index is 15.4. The monoisotopic (exact) mass is 1110 g/mol. The van der Waals surface area contributed by atoms with Crippen LogP contribution in [0.25, 0.3) is 61.0 Å². The van der Waals surface area contributed by atoms with Crippen LogP contribution in [0.1, 0.15) is 69.6 Å². The summed E-state index contributed by atoms with van der Waals surface area (Å²) in [4.78, 5) is 9.25. The van der Waals surface area contributed by atoms with Gasteiger partial charge in [0.15, 0.2) is 0 Å². The third-order valence-corrected chi connectivity index (χ3v) is 13.3. The Kier molecular flexibility index (Phi) is 13.2. The number of para-hydroxylation sites is 3. The second kappa shape index (κ2) is 19.8. The average Bonchev–Trinajstić information content (AvgIpc) is 3.92. The van der Waals surface area contributed by atoms with Crippen LogP contribution in [0.2, 0.25) is 0 Å². The Bertz CT molecular complexity index is 3540. The van der Waals surface area contributed by atoms with E-state index in [1.54, 1.807) is 0 Å². The molecule has 1 aliphatic heterocycles. The minimum absolute atomic E-state index is 0. The predicted octanol–water partition coefficient (Wildman–Crippen LogP) is 17.5. The number of hydrogen-bond acceptors (Lipinski definition) is 4. The number of halogens is 2. The van der Waals surface area contributed by atoms with Crippen molar-refractivity contribution in [2.24, 2.45) is 0 Å². The largest absolute Gasteiger partial charge is 0.509 e. The molecule has 0 aliphatic carbocycles. The van der Waals surface area contributed by atoms with Crippen LogP contribution in [0.4, 0.5) is 31.5 Å². The zero-order valence-corrected chi connectivity index (χ0v) is 42.4. The summed E-state index contributed by atoms with van der Waals surface area (Å²) in [7, 11) is 0. The van der Waals surface area contributed by atoms with Gasteiger partial charge < -0.3 is 19.1 Å². The Labute approximate surface area is 429 Å². The molecule has 0 bridgehead atoms. The van der Waals surface area contributed by atoms with Gasteiger partial charge in [0, 0.05) is 61.3 Å². The number of benzene rings is 8. The molecule has 0 saturated heterocycles. The van der Waals surface area contributed by atoms with Crippen LogP contribution in [0.5, 0.6) is 11.5 Å². The van der Waals surface area contributed by atoms with Crippen molar-refractivity contribution in [1.29, 1.82) is 0 Å². The molecule has 8 aromatic carbocycles. The molecule has 10 aromatic rings. The van der Waals surface area contributed by atoms with Gasteiger partial charge in [0.25, 0.3) is 0 Å². The maximum Gasteiger partial charge on any atom is 0.135 e. The summed E-state index contributed by atoms with van der Waals surface area (Å²) in [5.41, 5.74) is 13.4. The minimum Gasteiger partial charge on any atom is -0.509 e. The van der Waals surface area contributed by atoms with Crippen molar-refractivity contribution < 1.29 is 34.6 Å². The van der Waals surface area contributed by atoms with Gasteiger partial charge in [-0.15, -0.1) is 53.6 Å². The van der Waals surface area contributed by atoms with Crippen molar-refractivity contribution in [2.45, 2.75) is 59.3 Å². The molecule has 356 valence electrons. The van der Waals surface area contributed by atoms with Crippen molar-refractivity contribution in [3.05, 3.63) is 223 Å². The van der Waals surface area contributed by atoms with Gasteiger partial charge in [0.1, 0.15) is 17.5 Å². The molecule has 5 nitrogen and oxygen atoms in total. The van der Waals surface area contributed by atoms with E-state index in [0.29, 0.717) is 17.1 Å². The predicted molar refractivity (Wildman–Crippen MR) is 283 cm³/mol. The van der Waals surface area contributed by atoms with E-state index in [2.05, 4.69) is 183 Å². The Morgan fingerprint density at radius 1 is 0.592 bits per heavy atom. The van der Waals surface area contributed by atoms with Crippen LogP contribution in [-0.2, 0) is 27.5 Å². The standard InChI is InChI=1S/C63H51F2N4O.Pt/c1-6-17-42-30-31-66-61(32-42)69-57-25-13-12-22-51(57)52-29-28-47(38-60(52)69)70-48-34-44(50-21-11-10-20-49(50)43-18-8-7-9-19-43)33-46(37-48)67-39-68(59-27-15-14-26-58(59)67)63-53(40(2)3)35-45(36-54(63)41(4)5)62-55(64)23-16-24-56(62)65;/h7-16,18-36,39-41H,6,17H2,1-5H3;/q-3;. The number of hydrogen-bond donors (Lipinski definition) is 0. The van der Waals surface area contributed by atoms with E-state index in [0.717, 1.165) is 96.6 Å². The summed E-state index contributed by atoms with van der Waals surface area (Å²) in [5.74, 6) is 0.758. The van der Waals surface area contributed by atoms with Crippen molar-refractivity contribution >= 4 is 44.6 Å². The second-order valence-electron chi connectivity index (χ2n) is 18.6. The number of pyridine rings is 1. The number of nitrogens with zero attached hydrogens (tertiary/aromatic N) is 4. The van der Waals surface area contributed by atoms with E-state index in [1.807, 2.05) is 42.6 Å². The first kappa shape index (κ1) is 47.3. The van der Waals surface area contributed by atoms with Crippen LogP contribution in [-0.4, -0.2) is 9.55 Å². The Morgan fingerprint density at radius 3 is 1.94 bits per heavy atom. The Balaban J connectivity index is 0.00000582. The summed E-state index contributed by atoms with van der Waals surface area (Å²) >= 11 is 0. The molecular formula is C63H51F2N4OPt-3. The molecule has 2 aromatic heterocycles. The smallest absolute Gasteiger partial charge is 0.135 e. The first-order valence-corrected chi connectivity index (χ1v) is 24.1. The maximum absolute atomic E-state index is 15.4. The summed E-state index contributed by atoms with van der Waals surface area (Å²) in [6, 6.07) is 63.5. The van der Waals surface area contributed by atoms with Gasteiger partial charge >= 0.3 is 0 Å². The van der Waals surface area contributed by atoms with Crippen molar-refractivity contribution in [3.63, 3.8) is 0 Å². The van der Waals surface area contributed by atoms with Gasteiger partial charge in [-0.25, -0.2) is 13.8 Å². The third kappa shape index (κ3) is 8.82. The first-order chi connectivity index (χ1) is 34.1. The summed E-state index contributed by atoms with van der Waals surface area (Å²) in [6.07, 6.45) is 3.89. The van der Waals surface area contributed by atoms with E-state index >= 15 is 8.78 Å². The Morgan fingerprint density at radius 2 is 1.24 bits per heavy atom. The van der Waals surface area contributed by atoms with Crippen LogP contribution >= 0.6 is 0 Å². The molecular weight excluding hydrogens is 1060 g/mol. The number of rotatable bonds is 12. The summed E-state index contributed by atoms with van der Waals surface area (Å²) < 4.78 is 40.0. The second-order valence-corrected chi connectivity index (χ2v) is 18.6. The number of fused-ring (bicyclic) bond motifs is 4. The molecule has 0 amide bonds. The average molecular weight is 1110 g/mol. The van der Waals surface area contributed by atoms with Crippen LogP contribution < -0.4 is 14.5 Å². The molecule has 3 heterocycles. The van der Waals surface area contributed by atoms with E-state index in [-0.39, 0.29) is 38.5 Å². The third-order valence-electron chi connectivity index (χ3n) is 13.3. The number of aromatic nitrogens is 2. The zero-order valence-electron chi connectivity index (χ0n) is 40.2. The molecule has 0 N–H and O–H groups in total. The molecule has 0 unspecified atom stereocenters. The molecule has 71 heavy (non-hydrogen) atoms. The quantitative estimate of drug-likeness (QED) is 0.114. The van der Waals surface area contributed by atoms with Gasteiger partial charge in [0.05, 0.1) is 5.56 Å². The SMILES string of the molecule is CCCc1ccnc(-n2c3[c-]c(Oc4[c-]c(N5[CH-]N(c6c(C(C)C)cc(-c7c(F)cccc7F)cc6C(C)C)c6ccccc65)cc(-c5ccccc5-c5ccccc5)c4)ccc3c3ccccc32)c1.[Pt]. The van der Waals surface area contributed by atoms with E-state index < -0.39 is 11.6 Å². The van der Waals surface area contributed by atoms with Gasteiger partial charge in [-0.2, -0.15) is 6.07 Å². The number of anilines is 4. The van der Waals surface area contributed by atoms with Gasteiger partial charge in [0.2, 0.25) is 0 Å². The summed E-state index contributed by atoms with van der Waals surface area (Å²) in [6.45, 7) is 12.8. The molecule has 1 aliphatic rings. The normalized spacial score (nSPS) is 12.3. The Hall–Kier alpha value is -7.34. The van der Waals surface area contributed by atoms with Gasteiger partial charge in [-0.1, -0.05) is 138 Å². The van der Waals surface area contributed by atoms with Crippen LogP contribution in [0.15, 0.2) is 176 Å². The topological polar surface area (TPSA) is 33.5 Å². The molecule has 0 spiro atoms. The fraction of sp³-hybridized carbons (Fsp3) is 0.143. The molecule has 0 fully saturated rings. The first-order valence-electron chi connectivity index (χ1n) is 24.1. The van der Waals surface area contributed by atoms with Crippen molar-refractivity contribution in [3.8, 4) is 50.7 Å². The zero-order chi connectivity index (χ0) is 48.0. The minimum atomic E-state index is -0.585.